The van der Waals surface area contributed by atoms with Crippen LogP contribution in [-0.2, 0) is 4.79 Å². The fourth-order valence-electron chi connectivity index (χ4n) is 0.807. The smallest absolute Gasteiger partial charge is 0.322 e. The summed E-state index contributed by atoms with van der Waals surface area (Å²) in [5.41, 5.74) is 0. The Morgan fingerprint density at radius 2 is 2.27 bits per heavy atom. The third kappa shape index (κ3) is 1.71. The Morgan fingerprint density at radius 3 is 2.73 bits per heavy atom. The van der Waals surface area contributed by atoms with Gasteiger partial charge in [-0.25, -0.2) is 4.79 Å². The molecule has 0 bridgehead atoms. The predicted molar refractivity (Wildman–Crippen MR) is 38.5 cm³/mol. The molecular formula is C7H8N2O2. The number of rotatable bonds is 1. The third-order valence-electron chi connectivity index (χ3n) is 1.34. The van der Waals surface area contributed by atoms with Crippen LogP contribution in [0.1, 0.15) is 13.3 Å². The summed E-state index contributed by atoms with van der Waals surface area (Å²) in [5, 5.41) is 4.56. The van der Waals surface area contributed by atoms with Gasteiger partial charge in [-0.15, -0.1) is 11.8 Å². The van der Waals surface area contributed by atoms with Crippen molar-refractivity contribution in [1.29, 1.82) is 0 Å². The van der Waals surface area contributed by atoms with E-state index in [1.807, 2.05) is 0 Å². The number of urea groups is 1. The van der Waals surface area contributed by atoms with Gasteiger partial charge in [0.25, 0.3) is 5.91 Å². The summed E-state index contributed by atoms with van der Waals surface area (Å²) in [4.78, 5) is 21.4. The second-order valence-electron chi connectivity index (χ2n) is 2.15. The lowest BCUT2D eigenvalue weighted by Gasteiger charge is -1.98. The van der Waals surface area contributed by atoms with E-state index in [2.05, 4.69) is 22.5 Å². The molecule has 11 heavy (non-hydrogen) atoms. The molecule has 0 aliphatic carbocycles. The lowest BCUT2D eigenvalue weighted by Crippen LogP contribution is -2.27. The Morgan fingerprint density at radius 1 is 1.55 bits per heavy atom. The van der Waals surface area contributed by atoms with E-state index in [4.69, 9.17) is 0 Å². The molecule has 4 heteroatoms. The van der Waals surface area contributed by atoms with Crippen LogP contribution in [0.15, 0.2) is 0 Å². The number of hydrogen-bond donors (Lipinski definition) is 2. The first-order valence-corrected chi connectivity index (χ1v) is 3.25. The molecule has 0 saturated carbocycles. The van der Waals surface area contributed by atoms with Gasteiger partial charge in [-0.3, -0.25) is 10.1 Å². The van der Waals surface area contributed by atoms with Crippen LogP contribution in [-0.4, -0.2) is 18.0 Å². The van der Waals surface area contributed by atoms with Crippen LogP contribution in [0.4, 0.5) is 4.79 Å². The quantitative estimate of drug-likeness (QED) is 0.397. The molecule has 1 fully saturated rings. The van der Waals surface area contributed by atoms with Gasteiger partial charge in [0.2, 0.25) is 0 Å². The van der Waals surface area contributed by atoms with E-state index in [0.29, 0.717) is 6.42 Å². The van der Waals surface area contributed by atoms with Gasteiger partial charge in [-0.05, 0) is 6.92 Å². The average Bonchev–Trinajstić information content (AvgIpc) is 2.26. The van der Waals surface area contributed by atoms with Crippen LogP contribution in [0.25, 0.3) is 0 Å². The predicted octanol–water partition coefficient (Wildman–Crippen LogP) is -0.392. The Hall–Kier alpha value is -1.50. The van der Waals surface area contributed by atoms with Gasteiger partial charge in [-0.2, -0.15) is 0 Å². The summed E-state index contributed by atoms with van der Waals surface area (Å²) in [7, 11) is 0. The summed E-state index contributed by atoms with van der Waals surface area (Å²) in [6.07, 6.45) is 0.383. The molecule has 0 aromatic heterocycles. The highest BCUT2D eigenvalue weighted by Gasteiger charge is 2.28. The van der Waals surface area contributed by atoms with E-state index >= 15 is 0 Å². The summed E-state index contributed by atoms with van der Waals surface area (Å²) in [6, 6.07) is -0.896. The molecule has 4 nitrogen and oxygen atoms in total. The minimum Gasteiger partial charge on any atom is -0.325 e. The molecule has 1 saturated heterocycles. The highest BCUT2D eigenvalue weighted by atomic mass is 16.2. The van der Waals surface area contributed by atoms with Crippen molar-refractivity contribution in [3.05, 3.63) is 0 Å². The largest absolute Gasteiger partial charge is 0.325 e. The SMILES string of the molecule is CC#CCC1NC(=O)NC1=O. The molecule has 2 N–H and O–H groups in total. The van der Waals surface area contributed by atoms with Gasteiger partial charge in [0.15, 0.2) is 0 Å². The fraction of sp³-hybridized carbons (Fsp3) is 0.429. The molecule has 0 aromatic rings. The molecule has 0 spiro atoms. The number of amides is 3. The number of imide groups is 1. The van der Waals surface area contributed by atoms with Crippen LogP contribution in [0, 0.1) is 11.8 Å². The van der Waals surface area contributed by atoms with Crippen molar-refractivity contribution < 1.29 is 9.59 Å². The topological polar surface area (TPSA) is 58.2 Å². The zero-order valence-electron chi connectivity index (χ0n) is 6.10. The van der Waals surface area contributed by atoms with E-state index in [9.17, 15) is 9.59 Å². The van der Waals surface area contributed by atoms with Crippen molar-refractivity contribution in [2.75, 3.05) is 0 Å². The van der Waals surface area contributed by atoms with E-state index in [1.54, 1.807) is 6.92 Å². The van der Waals surface area contributed by atoms with Crippen molar-refractivity contribution in [2.24, 2.45) is 0 Å². The lowest BCUT2D eigenvalue weighted by molar-refractivity contribution is -0.120. The molecule has 58 valence electrons. The second kappa shape index (κ2) is 3.06. The van der Waals surface area contributed by atoms with Crippen molar-refractivity contribution in [3.63, 3.8) is 0 Å². The second-order valence-corrected chi connectivity index (χ2v) is 2.15. The van der Waals surface area contributed by atoms with Crippen LogP contribution in [0.2, 0.25) is 0 Å². The maximum absolute atomic E-state index is 10.8. The molecular weight excluding hydrogens is 144 g/mol. The summed E-state index contributed by atoms with van der Waals surface area (Å²) < 4.78 is 0. The van der Waals surface area contributed by atoms with Gasteiger partial charge in [0.1, 0.15) is 6.04 Å². The van der Waals surface area contributed by atoms with Crippen molar-refractivity contribution in [2.45, 2.75) is 19.4 Å². The van der Waals surface area contributed by atoms with Gasteiger partial charge >= 0.3 is 6.03 Å². The average molecular weight is 152 g/mol. The Labute approximate surface area is 64.3 Å². The van der Waals surface area contributed by atoms with E-state index in [0.717, 1.165) is 0 Å². The zero-order chi connectivity index (χ0) is 8.27. The van der Waals surface area contributed by atoms with Crippen LogP contribution in [0.5, 0.6) is 0 Å². The van der Waals surface area contributed by atoms with Gasteiger partial charge in [-0.1, -0.05) is 0 Å². The molecule has 1 aliphatic heterocycles. The summed E-state index contributed by atoms with van der Waals surface area (Å²) >= 11 is 0. The lowest BCUT2D eigenvalue weighted by atomic mass is 10.2. The Balaban J connectivity index is 2.51. The molecule has 0 radical (unpaired) electrons. The van der Waals surface area contributed by atoms with Crippen LogP contribution >= 0.6 is 0 Å². The standard InChI is InChI=1S/C7H8N2O2/c1-2-3-4-5-6(10)9-7(11)8-5/h5H,4H2,1H3,(H2,8,9,10,11). The molecule has 0 aromatic carbocycles. The molecule has 1 rings (SSSR count). The summed E-state index contributed by atoms with van der Waals surface area (Å²) in [5.74, 6) is 5.07. The first kappa shape index (κ1) is 7.61. The minimum absolute atomic E-state index is 0.294. The molecule has 1 heterocycles. The number of carbonyl (C=O) groups is 2. The maximum atomic E-state index is 10.8. The Kier molecular flexibility index (Phi) is 2.12. The molecule has 1 atom stereocenters. The first-order valence-electron chi connectivity index (χ1n) is 3.25. The number of hydrogen-bond acceptors (Lipinski definition) is 2. The van der Waals surface area contributed by atoms with Crippen LogP contribution < -0.4 is 10.6 Å². The zero-order valence-corrected chi connectivity index (χ0v) is 6.10. The van der Waals surface area contributed by atoms with E-state index in [1.165, 1.54) is 0 Å². The van der Waals surface area contributed by atoms with Gasteiger partial charge in [0, 0.05) is 6.42 Å². The molecule has 3 amide bonds. The van der Waals surface area contributed by atoms with E-state index < -0.39 is 12.1 Å². The monoisotopic (exact) mass is 152 g/mol. The van der Waals surface area contributed by atoms with Crippen LogP contribution in [0.3, 0.4) is 0 Å². The van der Waals surface area contributed by atoms with Gasteiger partial charge < -0.3 is 5.32 Å². The normalized spacial score (nSPS) is 21.7. The molecule has 1 unspecified atom stereocenters. The van der Waals surface area contributed by atoms with E-state index in [-0.39, 0.29) is 5.91 Å². The number of carbonyl (C=O) groups excluding carboxylic acids is 2. The number of nitrogens with one attached hydrogen (secondary N) is 2. The highest BCUT2D eigenvalue weighted by Crippen LogP contribution is 1.96. The van der Waals surface area contributed by atoms with Crippen molar-refractivity contribution in [3.8, 4) is 11.8 Å². The Bertz CT molecular complexity index is 249. The minimum atomic E-state index is -0.463. The molecule has 1 aliphatic rings. The summed E-state index contributed by atoms with van der Waals surface area (Å²) in [6.45, 7) is 1.69. The van der Waals surface area contributed by atoms with Crippen molar-refractivity contribution >= 4 is 11.9 Å². The first-order chi connectivity index (χ1) is 5.24. The highest BCUT2D eigenvalue weighted by molar-refractivity contribution is 6.04. The maximum Gasteiger partial charge on any atom is 0.322 e. The van der Waals surface area contributed by atoms with Crippen molar-refractivity contribution in [1.82, 2.24) is 10.6 Å². The van der Waals surface area contributed by atoms with Gasteiger partial charge in [0.05, 0.1) is 0 Å². The third-order valence-corrected chi connectivity index (χ3v) is 1.34. The fourth-order valence-corrected chi connectivity index (χ4v) is 0.807.